The summed E-state index contributed by atoms with van der Waals surface area (Å²) in [5.74, 6) is -1.25. The maximum atomic E-state index is 12.9. The van der Waals surface area contributed by atoms with E-state index in [1.54, 1.807) is 36.6 Å². The van der Waals surface area contributed by atoms with E-state index in [-0.39, 0.29) is 15.7 Å². The molecule has 1 atom stereocenters. The van der Waals surface area contributed by atoms with Crippen molar-refractivity contribution in [2.24, 2.45) is 0 Å². The van der Waals surface area contributed by atoms with Crippen molar-refractivity contribution in [2.75, 3.05) is 7.11 Å². The fourth-order valence-corrected chi connectivity index (χ4v) is 4.63. The number of methoxy groups -OCH3 is 1. The van der Waals surface area contributed by atoms with E-state index >= 15 is 0 Å². The Labute approximate surface area is 165 Å². The molecule has 1 amide bonds. The molecule has 1 aromatic carbocycles. The van der Waals surface area contributed by atoms with Crippen LogP contribution in [0, 0.1) is 6.92 Å². The lowest BCUT2D eigenvalue weighted by Crippen LogP contribution is -2.35. The lowest BCUT2D eigenvalue weighted by molar-refractivity contribution is -0.120. The van der Waals surface area contributed by atoms with Gasteiger partial charge in [-0.25, -0.2) is 13.1 Å². The van der Waals surface area contributed by atoms with Crippen LogP contribution in [0.25, 0.3) is 0 Å². The van der Waals surface area contributed by atoms with Gasteiger partial charge in [0.05, 0.1) is 17.7 Å². The fourth-order valence-electron chi connectivity index (χ4n) is 2.43. The van der Waals surface area contributed by atoms with Crippen LogP contribution in [0.5, 0.6) is 5.75 Å². The number of hydrogen-bond acceptors (Lipinski definition) is 7. The van der Waals surface area contributed by atoms with Gasteiger partial charge in [-0.2, -0.15) is 11.3 Å². The first-order valence-electron chi connectivity index (χ1n) is 7.68. The smallest absolute Gasteiger partial charge is 0.264 e. The van der Waals surface area contributed by atoms with Crippen molar-refractivity contribution >= 4 is 38.9 Å². The minimum Gasteiger partial charge on any atom is -0.497 e. The molecule has 0 fully saturated rings. The lowest BCUT2D eigenvalue weighted by Gasteiger charge is -2.15. The number of ether oxygens (including phenoxy) is 1. The number of carbonyl (C=O) groups is 1. The van der Waals surface area contributed by atoms with Crippen LogP contribution in [0.3, 0.4) is 0 Å². The highest BCUT2D eigenvalue weighted by Gasteiger charge is 2.33. The summed E-state index contributed by atoms with van der Waals surface area (Å²) in [7, 11) is -2.50. The second-order valence-corrected chi connectivity index (χ2v) is 8.42. The van der Waals surface area contributed by atoms with Gasteiger partial charge in [0, 0.05) is 5.38 Å². The maximum Gasteiger partial charge on any atom is 0.264 e. The highest BCUT2D eigenvalue weighted by Crippen LogP contribution is 2.33. The van der Waals surface area contributed by atoms with E-state index in [1.807, 2.05) is 0 Å². The van der Waals surface area contributed by atoms with Crippen molar-refractivity contribution in [1.82, 2.24) is 9.88 Å². The van der Waals surface area contributed by atoms with Crippen LogP contribution in [-0.4, -0.2) is 26.6 Å². The van der Waals surface area contributed by atoms with Crippen LogP contribution in [-0.2, 0) is 14.8 Å². The van der Waals surface area contributed by atoms with E-state index in [4.69, 9.17) is 20.9 Å². The number of rotatable bonds is 6. The van der Waals surface area contributed by atoms with Gasteiger partial charge in [0.1, 0.15) is 16.7 Å². The first kappa shape index (κ1) is 19.4. The largest absolute Gasteiger partial charge is 0.497 e. The van der Waals surface area contributed by atoms with E-state index in [0.717, 1.165) is 0 Å². The molecule has 0 radical (unpaired) electrons. The minimum absolute atomic E-state index is 0.00850. The average molecular weight is 427 g/mol. The standard InChI is InChI=1S/C17H15ClN2O5S2/c1-10-15(18)16(25-19-10)14(11-3-5-12(24-2)6-4-11)17(21)20-27(22,23)13-7-8-26-9-13/h3-9,14H,1-2H3,(H,20,21). The second kappa shape index (κ2) is 7.71. The van der Waals surface area contributed by atoms with E-state index in [2.05, 4.69) is 9.88 Å². The first-order chi connectivity index (χ1) is 12.8. The number of halogens is 1. The first-order valence-corrected chi connectivity index (χ1v) is 10.5. The Morgan fingerprint density at radius 1 is 1.30 bits per heavy atom. The van der Waals surface area contributed by atoms with Gasteiger partial charge in [-0.05, 0) is 36.1 Å². The molecule has 27 heavy (non-hydrogen) atoms. The van der Waals surface area contributed by atoms with Crippen molar-refractivity contribution < 1.29 is 22.5 Å². The summed E-state index contributed by atoms with van der Waals surface area (Å²) < 4.78 is 37.3. The van der Waals surface area contributed by atoms with Crippen molar-refractivity contribution in [3.63, 3.8) is 0 Å². The van der Waals surface area contributed by atoms with Crippen molar-refractivity contribution in [3.8, 4) is 5.75 Å². The Morgan fingerprint density at radius 2 is 2.00 bits per heavy atom. The average Bonchev–Trinajstić information content (AvgIpc) is 3.29. The highest BCUT2D eigenvalue weighted by atomic mass is 35.5. The van der Waals surface area contributed by atoms with Gasteiger partial charge >= 0.3 is 0 Å². The Bertz CT molecular complexity index is 1040. The van der Waals surface area contributed by atoms with Crippen molar-refractivity contribution in [1.29, 1.82) is 0 Å². The van der Waals surface area contributed by atoms with Gasteiger partial charge in [0.25, 0.3) is 10.0 Å². The number of amides is 1. The second-order valence-electron chi connectivity index (χ2n) is 5.58. The maximum absolute atomic E-state index is 12.9. The van der Waals surface area contributed by atoms with Crippen LogP contribution >= 0.6 is 22.9 Å². The Balaban J connectivity index is 2.01. The molecule has 0 aliphatic carbocycles. The number of thiophene rings is 1. The molecule has 2 aromatic heterocycles. The van der Waals surface area contributed by atoms with E-state index in [9.17, 15) is 13.2 Å². The summed E-state index contributed by atoms with van der Waals surface area (Å²) in [6.07, 6.45) is 0. The summed E-state index contributed by atoms with van der Waals surface area (Å²) in [6, 6.07) is 7.98. The number of nitrogens with zero attached hydrogens (tertiary/aromatic N) is 1. The summed E-state index contributed by atoms with van der Waals surface area (Å²) in [6.45, 7) is 1.63. The van der Waals surface area contributed by atoms with Crippen molar-refractivity contribution in [3.05, 3.63) is 63.1 Å². The zero-order valence-corrected chi connectivity index (χ0v) is 16.7. The molecule has 1 N–H and O–H groups in total. The van der Waals surface area contributed by atoms with Gasteiger partial charge in [-0.15, -0.1) is 0 Å². The molecule has 0 bridgehead atoms. The van der Waals surface area contributed by atoms with Crippen molar-refractivity contribution in [2.45, 2.75) is 17.7 Å². The zero-order valence-electron chi connectivity index (χ0n) is 14.3. The summed E-state index contributed by atoms with van der Waals surface area (Å²) in [4.78, 5) is 12.9. The number of hydrogen-bond donors (Lipinski definition) is 1. The molecule has 142 valence electrons. The third kappa shape index (κ3) is 4.00. The number of aromatic nitrogens is 1. The number of aryl methyl sites for hydroxylation is 1. The molecule has 0 saturated carbocycles. The third-order valence-electron chi connectivity index (χ3n) is 3.83. The molecule has 0 aliphatic heterocycles. The summed E-state index contributed by atoms with van der Waals surface area (Å²) >= 11 is 7.43. The molecule has 3 rings (SSSR count). The third-order valence-corrected chi connectivity index (χ3v) is 6.47. The molecule has 0 aliphatic rings. The Morgan fingerprint density at radius 3 is 2.52 bits per heavy atom. The number of nitrogens with one attached hydrogen (secondary N) is 1. The van der Waals surface area contributed by atoms with E-state index < -0.39 is 21.8 Å². The SMILES string of the molecule is COc1ccc(C(C(=O)NS(=O)(=O)c2ccsc2)c2onc(C)c2Cl)cc1. The quantitative estimate of drug-likeness (QED) is 0.649. The highest BCUT2D eigenvalue weighted by molar-refractivity contribution is 7.90. The minimum atomic E-state index is -4.02. The zero-order chi connectivity index (χ0) is 19.6. The number of sulfonamides is 1. The molecule has 10 heteroatoms. The van der Waals surface area contributed by atoms with Crippen LogP contribution < -0.4 is 9.46 Å². The number of benzene rings is 1. The van der Waals surface area contributed by atoms with Gasteiger partial charge in [-0.1, -0.05) is 28.9 Å². The number of carbonyl (C=O) groups excluding carboxylic acids is 1. The van der Waals surface area contributed by atoms with Crippen LogP contribution in [0.15, 0.2) is 50.5 Å². The van der Waals surface area contributed by atoms with E-state index in [0.29, 0.717) is 17.0 Å². The molecular weight excluding hydrogens is 412 g/mol. The fraction of sp³-hybridized carbons (Fsp3) is 0.176. The topological polar surface area (TPSA) is 98.5 Å². The van der Waals surface area contributed by atoms with E-state index in [1.165, 1.54) is 29.9 Å². The predicted molar refractivity (Wildman–Crippen MR) is 101 cm³/mol. The normalized spacial score (nSPS) is 12.6. The summed E-state index contributed by atoms with van der Waals surface area (Å²) in [5, 5.41) is 6.97. The predicted octanol–water partition coefficient (Wildman–Crippen LogP) is 3.34. The van der Waals surface area contributed by atoms with Gasteiger partial charge in [0.2, 0.25) is 5.91 Å². The molecule has 0 spiro atoms. The van der Waals surface area contributed by atoms with Crippen LogP contribution in [0.4, 0.5) is 0 Å². The van der Waals surface area contributed by atoms with Gasteiger partial charge in [-0.3, -0.25) is 4.79 Å². The molecule has 1 unspecified atom stereocenters. The molecule has 2 heterocycles. The molecule has 3 aromatic rings. The summed E-state index contributed by atoms with van der Waals surface area (Å²) in [5.41, 5.74) is 0.880. The van der Waals surface area contributed by atoms with Crippen LogP contribution in [0.2, 0.25) is 5.02 Å². The lowest BCUT2D eigenvalue weighted by atomic mass is 9.95. The Hall–Kier alpha value is -2.36. The molecule has 7 nitrogen and oxygen atoms in total. The van der Waals surface area contributed by atoms with Crippen LogP contribution in [0.1, 0.15) is 22.9 Å². The van der Waals surface area contributed by atoms with Gasteiger partial charge < -0.3 is 9.26 Å². The monoisotopic (exact) mass is 426 g/mol. The Kier molecular flexibility index (Phi) is 5.54. The molecule has 0 saturated heterocycles. The molecular formula is C17H15ClN2O5S2. The van der Waals surface area contributed by atoms with Gasteiger partial charge in [0.15, 0.2) is 5.76 Å².